The van der Waals surface area contributed by atoms with Gasteiger partial charge >= 0.3 is 34.1 Å². The summed E-state index contributed by atoms with van der Waals surface area (Å²) in [5, 5.41) is 0. The fourth-order valence-electron chi connectivity index (χ4n) is 11.6. The van der Waals surface area contributed by atoms with Crippen LogP contribution in [0.15, 0.2) is 0 Å². The van der Waals surface area contributed by atoms with Gasteiger partial charge in [-0.25, -0.2) is 0 Å². The molecule has 0 aliphatic heterocycles. The van der Waals surface area contributed by atoms with Crippen molar-refractivity contribution in [1.29, 1.82) is 0 Å². The third kappa shape index (κ3) is 95.8. The van der Waals surface area contributed by atoms with Gasteiger partial charge in [0.15, 0.2) is 0 Å². The zero-order valence-corrected chi connectivity index (χ0v) is 73.9. The number of rotatable bonds is 76. The van der Waals surface area contributed by atoms with Crippen LogP contribution in [0.1, 0.15) is 450 Å². The Morgan fingerprint density at radius 2 is 0.330 bits per heavy atom. The minimum atomic E-state index is -4.14. The Hall–Kier alpha value is 1.48. The Morgan fingerprint density at radius 3 is 0.466 bits per heavy atom. The van der Waals surface area contributed by atoms with Crippen LogP contribution in [0.25, 0.3) is 0 Å². The maximum atomic E-state index is 11.8. The SMILES string of the molecule is C.CCCCC(CC)COP(=O)([O-])OCC(CC)CCCC.CCCCC(CC)COP(=O)([O-])OCC(CC)CCCC.CCCCCCCCCCCCOP(=O)([O-])OCCCCCCCCCCCC.CCCCCCCCCCCCOP(=O)([O-])OCCCCCCCCCCCC.[Cu+2].[Cu+2]. The van der Waals surface area contributed by atoms with Crippen LogP contribution in [0, 0.1) is 23.7 Å². The second-order valence-corrected chi connectivity index (χ2v) is 34.3. The molecule has 0 rings (SSSR count). The molecule has 0 heterocycles. The summed E-state index contributed by atoms with van der Waals surface area (Å²) in [4.78, 5) is 47.1. The van der Waals surface area contributed by atoms with E-state index in [-0.39, 0.29) is 94.4 Å². The van der Waals surface area contributed by atoms with Gasteiger partial charge in [0.2, 0.25) is 0 Å². The van der Waals surface area contributed by atoms with Crippen LogP contribution in [0.4, 0.5) is 0 Å². The van der Waals surface area contributed by atoms with Gasteiger partial charge in [-0.3, -0.25) is 18.3 Å². The molecule has 0 bridgehead atoms. The Labute approximate surface area is 661 Å². The Morgan fingerprint density at radius 1 is 0.204 bits per heavy atom. The second kappa shape index (κ2) is 90.7. The number of hydrogen-bond acceptors (Lipinski definition) is 16. The van der Waals surface area contributed by atoms with Crippen molar-refractivity contribution in [1.82, 2.24) is 0 Å². The van der Waals surface area contributed by atoms with Crippen LogP contribution in [-0.2, 0) is 88.6 Å². The molecule has 0 saturated carbocycles. The van der Waals surface area contributed by atoms with E-state index in [4.69, 9.17) is 36.2 Å². The number of hydrogen-bond donors (Lipinski definition) is 0. The molecule has 0 N–H and O–H groups in total. The van der Waals surface area contributed by atoms with E-state index in [0.717, 1.165) is 154 Å². The van der Waals surface area contributed by atoms with E-state index in [9.17, 15) is 37.8 Å². The number of unbranched alkanes of at least 4 members (excludes halogenated alkanes) is 40. The van der Waals surface area contributed by atoms with Crippen LogP contribution in [0.3, 0.4) is 0 Å². The van der Waals surface area contributed by atoms with E-state index in [2.05, 4.69) is 83.1 Å². The first-order valence-electron chi connectivity index (χ1n) is 42.6. The van der Waals surface area contributed by atoms with Gasteiger partial charge < -0.3 is 55.8 Å². The third-order valence-corrected chi connectivity index (χ3v) is 22.9. The van der Waals surface area contributed by atoms with E-state index in [1.165, 1.54) is 205 Å². The Bertz CT molecular complexity index is 1570. The van der Waals surface area contributed by atoms with Gasteiger partial charge in [0.1, 0.15) is 0 Å². The van der Waals surface area contributed by atoms with Crippen LogP contribution in [-0.4, -0.2) is 52.9 Å². The fourth-order valence-corrected chi connectivity index (χ4v) is 14.9. The maximum absolute atomic E-state index is 11.8. The van der Waals surface area contributed by atoms with E-state index >= 15 is 0 Å². The zero-order valence-electron chi connectivity index (χ0n) is 68.5. The van der Waals surface area contributed by atoms with Gasteiger partial charge in [-0.2, -0.15) is 0 Å². The van der Waals surface area contributed by atoms with Crippen molar-refractivity contribution < 1.29 is 108 Å². The molecule has 0 aliphatic carbocycles. The predicted molar refractivity (Wildman–Crippen MR) is 425 cm³/mol. The first-order valence-corrected chi connectivity index (χ1v) is 48.5. The molecule has 0 aromatic heterocycles. The minimum absolute atomic E-state index is 0. The Kier molecular flexibility index (Phi) is 104. The Balaban J connectivity index is -0.000000239. The fraction of sp³-hybridized carbons (Fsp3) is 1.00. The van der Waals surface area contributed by atoms with Gasteiger partial charge in [-0.15, -0.1) is 0 Å². The maximum Gasteiger partial charge on any atom is 2.00 e. The van der Waals surface area contributed by atoms with E-state index < -0.39 is 31.3 Å². The van der Waals surface area contributed by atoms with Crippen molar-refractivity contribution in [3.8, 4) is 0 Å². The summed E-state index contributed by atoms with van der Waals surface area (Å²) in [6, 6.07) is 0. The van der Waals surface area contributed by atoms with Gasteiger partial charge in [0, 0.05) is 0 Å². The average Bonchev–Trinajstić information content (AvgIpc) is 0.951. The minimum Gasteiger partial charge on any atom is -0.756 e. The normalized spacial score (nSPS) is 13.8. The summed E-state index contributed by atoms with van der Waals surface area (Å²) >= 11 is 0. The van der Waals surface area contributed by atoms with E-state index in [1.807, 2.05) is 0 Å². The largest absolute Gasteiger partial charge is 2.00 e. The van der Waals surface area contributed by atoms with Crippen LogP contribution in [0.2, 0.25) is 0 Å². The van der Waals surface area contributed by atoms with Crippen molar-refractivity contribution in [2.45, 2.75) is 450 Å². The molecule has 0 amide bonds. The molecular formula is C81H172Cu2O16P4. The molecule has 2 radical (unpaired) electrons. The molecule has 16 nitrogen and oxygen atoms in total. The summed E-state index contributed by atoms with van der Waals surface area (Å²) in [6.45, 7) is 27.8. The van der Waals surface area contributed by atoms with Gasteiger partial charge in [0.05, 0.1) is 52.9 Å². The molecule has 0 aromatic rings. The quantitative estimate of drug-likeness (QED) is 0.0313. The number of phosphoric acid groups is 4. The molecule has 0 spiro atoms. The number of phosphoric ester groups is 4. The van der Waals surface area contributed by atoms with Gasteiger partial charge in [-0.1, -0.05) is 399 Å². The summed E-state index contributed by atoms with van der Waals surface area (Å²) < 4.78 is 87.2. The van der Waals surface area contributed by atoms with Crippen LogP contribution < -0.4 is 19.6 Å². The zero-order chi connectivity index (χ0) is 75.2. The van der Waals surface area contributed by atoms with E-state index in [0.29, 0.717) is 23.7 Å². The summed E-state index contributed by atoms with van der Waals surface area (Å²) in [7, 11) is -16.5. The van der Waals surface area contributed by atoms with Gasteiger partial charge in [-0.05, 0) is 75.0 Å². The summed E-state index contributed by atoms with van der Waals surface area (Å²) in [5.74, 6) is 1.21. The van der Waals surface area contributed by atoms with Crippen molar-refractivity contribution in [2.24, 2.45) is 23.7 Å². The van der Waals surface area contributed by atoms with Crippen LogP contribution >= 0.6 is 31.3 Å². The first kappa shape index (κ1) is 118. The third-order valence-electron chi connectivity index (χ3n) is 19.0. The summed E-state index contributed by atoms with van der Waals surface area (Å²) in [5.41, 5.74) is 0. The van der Waals surface area contributed by atoms with Crippen molar-refractivity contribution >= 4 is 31.3 Å². The molecular weight excluding hydrogens is 1480 g/mol. The molecule has 22 heteroatoms. The molecule has 634 valence electrons. The first-order chi connectivity index (χ1) is 48.2. The average molecular weight is 1650 g/mol. The van der Waals surface area contributed by atoms with E-state index in [1.54, 1.807) is 0 Å². The van der Waals surface area contributed by atoms with Crippen molar-refractivity contribution in [2.75, 3.05) is 52.9 Å². The topological polar surface area (TPSA) is 234 Å². The van der Waals surface area contributed by atoms with Crippen molar-refractivity contribution in [3.05, 3.63) is 0 Å². The molecule has 0 fully saturated rings. The van der Waals surface area contributed by atoms with Gasteiger partial charge in [0.25, 0.3) is 31.3 Å². The second-order valence-electron chi connectivity index (χ2n) is 28.7. The monoisotopic (exact) mass is 1650 g/mol. The molecule has 0 aliphatic rings. The molecule has 103 heavy (non-hydrogen) atoms. The standard InChI is InChI=1S/2C24H51O4P.2C16H35O4P.CH4.2Cu/c2*1-3-5-7-9-11-13-15-17-19-21-23-27-29(25,26)28-24-22-20-18-16-14-12-10-8-6-4-2;2*1-5-9-11-15(7-3)13-19-21(17,18)20-14-16(8-4)12-10-6-2;;;/h2*3-24H2,1-2H3,(H,25,26);2*15-16H,5-14H2,1-4H3,(H,17,18);1H4;;/q;;;;;2*+2/p-4. The smallest absolute Gasteiger partial charge is 0.756 e. The molecule has 4 unspecified atom stereocenters. The molecule has 0 aromatic carbocycles. The molecule has 4 atom stereocenters. The van der Waals surface area contributed by atoms with Crippen LogP contribution in [0.5, 0.6) is 0 Å². The summed E-state index contributed by atoms with van der Waals surface area (Å²) in [6.07, 6.45) is 65.7. The molecule has 0 saturated heterocycles. The predicted octanol–water partition coefficient (Wildman–Crippen LogP) is 27.1. The van der Waals surface area contributed by atoms with Crippen molar-refractivity contribution in [3.63, 3.8) is 0 Å².